The van der Waals surface area contributed by atoms with E-state index in [4.69, 9.17) is 21.6 Å². The highest BCUT2D eigenvalue weighted by Crippen LogP contribution is 2.35. The van der Waals surface area contributed by atoms with Gasteiger partial charge in [0.15, 0.2) is 11.0 Å². The second kappa shape index (κ2) is 7.22. The van der Waals surface area contributed by atoms with Crippen molar-refractivity contribution in [2.45, 2.75) is 25.5 Å². The summed E-state index contributed by atoms with van der Waals surface area (Å²) in [5.41, 5.74) is 2.45. The van der Waals surface area contributed by atoms with Gasteiger partial charge in [-0.1, -0.05) is 41.9 Å². The highest BCUT2D eigenvalue weighted by Gasteiger charge is 2.37. The molecule has 1 fully saturated rings. The van der Waals surface area contributed by atoms with E-state index in [0.29, 0.717) is 16.6 Å². The van der Waals surface area contributed by atoms with Gasteiger partial charge in [0.05, 0.1) is 22.7 Å². The smallest absolute Gasteiger partial charge is 0.416 e. The number of benzene rings is 2. The predicted molar refractivity (Wildman–Crippen MR) is 101 cm³/mol. The summed E-state index contributed by atoms with van der Waals surface area (Å²) in [6.07, 6.45) is 1.24. The normalized spacial score (nSPS) is 13.2. The molecular formula is C20H15ClN4O2. The number of nitriles is 1. The number of hydrogen-bond acceptors (Lipinski definition) is 5. The van der Waals surface area contributed by atoms with Crippen LogP contribution in [-0.2, 0) is 11.3 Å². The average molecular weight is 379 g/mol. The molecule has 0 aliphatic heterocycles. The fourth-order valence-electron chi connectivity index (χ4n) is 2.78. The van der Waals surface area contributed by atoms with Crippen molar-refractivity contribution in [1.82, 2.24) is 9.97 Å². The second-order valence-corrected chi connectivity index (χ2v) is 6.65. The van der Waals surface area contributed by atoms with Crippen LogP contribution in [0.15, 0.2) is 48.5 Å². The van der Waals surface area contributed by atoms with Gasteiger partial charge in [0.1, 0.15) is 6.61 Å². The molecule has 0 spiro atoms. The number of carbonyl (C=O) groups is 1. The van der Waals surface area contributed by atoms with Crippen LogP contribution in [0.1, 0.15) is 24.0 Å². The van der Waals surface area contributed by atoms with E-state index >= 15 is 0 Å². The largest absolute Gasteiger partial charge is 0.444 e. The van der Waals surface area contributed by atoms with Crippen LogP contribution in [0.2, 0.25) is 5.15 Å². The summed E-state index contributed by atoms with van der Waals surface area (Å²) < 4.78 is 5.47. The standard InChI is InChI=1S/C20H15ClN4O2/c21-18-19(24-16-9-6-14(11-22)10-17(16)23-18)25(15-7-8-15)20(26)27-12-13-4-2-1-3-5-13/h1-6,9-10,15H,7-8,12H2. The van der Waals surface area contributed by atoms with Crippen LogP contribution in [0, 0.1) is 11.3 Å². The maximum Gasteiger partial charge on any atom is 0.416 e. The maximum atomic E-state index is 12.7. The SMILES string of the molecule is N#Cc1ccc2nc(N(C(=O)OCc3ccccc3)C3CC3)c(Cl)nc2c1. The van der Waals surface area contributed by atoms with Crippen LogP contribution in [-0.4, -0.2) is 22.1 Å². The lowest BCUT2D eigenvalue weighted by Crippen LogP contribution is -2.34. The number of rotatable bonds is 4. The summed E-state index contributed by atoms with van der Waals surface area (Å²) in [4.78, 5) is 23.0. The third-order valence-corrected chi connectivity index (χ3v) is 4.53. The maximum absolute atomic E-state index is 12.7. The quantitative estimate of drug-likeness (QED) is 0.669. The minimum Gasteiger partial charge on any atom is -0.444 e. The van der Waals surface area contributed by atoms with Crippen LogP contribution in [0.5, 0.6) is 0 Å². The Hall–Kier alpha value is -3.17. The van der Waals surface area contributed by atoms with Gasteiger partial charge >= 0.3 is 6.09 Å². The summed E-state index contributed by atoms with van der Waals surface area (Å²) in [5, 5.41) is 9.13. The van der Waals surface area contributed by atoms with Crippen molar-refractivity contribution in [1.29, 1.82) is 5.26 Å². The Balaban J connectivity index is 1.63. The van der Waals surface area contributed by atoms with E-state index in [1.54, 1.807) is 18.2 Å². The molecule has 1 aliphatic rings. The fourth-order valence-corrected chi connectivity index (χ4v) is 3.00. The van der Waals surface area contributed by atoms with Crippen molar-refractivity contribution in [3.05, 3.63) is 64.8 Å². The van der Waals surface area contributed by atoms with Crippen LogP contribution in [0.4, 0.5) is 10.6 Å². The Kier molecular flexibility index (Phi) is 4.61. The number of ether oxygens (including phenoxy) is 1. The zero-order chi connectivity index (χ0) is 18.8. The van der Waals surface area contributed by atoms with Gasteiger partial charge in [-0.2, -0.15) is 5.26 Å². The summed E-state index contributed by atoms with van der Waals surface area (Å²) in [6.45, 7) is 0.174. The third kappa shape index (κ3) is 3.69. The molecule has 0 radical (unpaired) electrons. The molecule has 2 aromatic carbocycles. The molecule has 1 aromatic heterocycles. The van der Waals surface area contributed by atoms with Gasteiger partial charge in [-0.25, -0.2) is 14.8 Å². The molecule has 4 rings (SSSR count). The highest BCUT2D eigenvalue weighted by atomic mass is 35.5. The highest BCUT2D eigenvalue weighted by molar-refractivity contribution is 6.32. The van der Waals surface area contributed by atoms with E-state index in [0.717, 1.165) is 18.4 Å². The van der Waals surface area contributed by atoms with Crippen LogP contribution in [0.25, 0.3) is 11.0 Å². The Morgan fingerprint density at radius 2 is 1.96 bits per heavy atom. The Bertz CT molecular complexity index is 1050. The summed E-state index contributed by atoms with van der Waals surface area (Å²) in [6, 6.07) is 16.5. The summed E-state index contributed by atoms with van der Waals surface area (Å²) in [5.74, 6) is 0.287. The van der Waals surface area contributed by atoms with Crippen LogP contribution in [0.3, 0.4) is 0 Å². The molecule has 6 nitrogen and oxygen atoms in total. The third-order valence-electron chi connectivity index (χ3n) is 4.28. The van der Waals surface area contributed by atoms with Crippen LogP contribution >= 0.6 is 11.6 Å². The van der Waals surface area contributed by atoms with Gasteiger partial charge in [0.25, 0.3) is 0 Å². The van der Waals surface area contributed by atoms with Crippen molar-refractivity contribution in [2.75, 3.05) is 4.90 Å². The molecule has 1 heterocycles. The lowest BCUT2D eigenvalue weighted by molar-refractivity contribution is 0.146. The fraction of sp³-hybridized carbons (Fsp3) is 0.200. The Morgan fingerprint density at radius 3 is 2.67 bits per heavy atom. The first-order valence-corrected chi connectivity index (χ1v) is 8.91. The summed E-state index contributed by atoms with van der Waals surface area (Å²) >= 11 is 6.32. The molecule has 134 valence electrons. The van der Waals surface area contributed by atoms with Crippen molar-refractivity contribution < 1.29 is 9.53 Å². The molecule has 0 N–H and O–H groups in total. The van der Waals surface area contributed by atoms with Gasteiger partial charge in [0, 0.05) is 6.04 Å². The molecule has 1 saturated carbocycles. The predicted octanol–water partition coefficient (Wildman–Crippen LogP) is 4.46. The van der Waals surface area contributed by atoms with Gasteiger partial charge in [-0.05, 0) is 36.6 Å². The first kappa shape index (κ1) is 17.3. The number of halogens is 1. The van der Waals surface area contributed by atoms with Crippen LogP contribution < -0.4 is 4.90 Å². The number of hydrogen-bond donors (Lipinski definition) is 0. The second-order valence-electron chi connectivity index (χ2n) is 6.29. The molecule has 1 amide bonds. The number of fused-ring (bicyclic) bond motifs is 1. The van der Waals surface area contributed by atoms with E-state index in [-0.39, 0.29) is 23.6 Å². The van der Waals surface area contributed by atoms with E-state index in [1.165, 1.54) is 4.90 Å². The van der Waals surface area contributed by atoms with Crippen molar-refractivity contribution in [3.8, 4) is 6.07 Å². The molecule has 0 saturated heterocycles. The van der Waals surface area contributed by atoms with E-state index in [9.17, 15) is 4.79 Å². The van der Waals surface area contributed by atoms with Crippen molar-refractivity contribution >= 4 is 34.5 Å². The van der Waals surface area contributed by atoms with Crippen molar-refractivity contribution in [2.24, 2.45) is 0 Å². The minimum atomic E-state index is -0.495. The van der Waals surface area contributed by atoms with E-state index in [2.05, 4.69) is 16.0 Å². The van der Waals surface area contributed by atoms with Gasteiger partial charge in [0.2, 0.25) is 0 Å². The van der Waals surface area contributed by atoms with E-state index < -0.39 is 6.09 Å². The Morgan fingerprint density at radius 1 is 1.19 bits per heavy atom. The number of nitrogens with zero attached hydrogens (tertiary/aromatic N) is 4. The number of carbonyl (C=O) groups excluding carboxylic acids is 1. The van der Waals surface area contributed by atoms with Crippen molar-refractivity contribution in [3.63, 3.8) is 0 Å². The molecule has 1 aliphatic carbocycles. The molecular weight excluding hydrogens is 364 g/mol. The topological polar surface area (TPSA) is 79.1 Å². The first-order chi connectivity index (χ1) is 13.2. The lowest BCUT2D eigenvalue weighted by Gasteiger charge is -2.21. The molecule has 7 heteroatoms. The monoisotopic (exact) mass is 378 g/mol. The molecule has 0 atom stereocenters. The zero-order valence-electron chi connectivity index (χ0n) is 14.3. The number of anilines is 1. The molecule has 3 aromatic rings. The zero-order valence-corrected chi connectivity index (χ0v) is 15.1. The minimum absolute atomic E-state index is 0.0101. The lowest BCUT2D eigenvalue weighted by atomic mass is 10.2. The number of aromatic nitrogens is 2. The molecule has 0 unspecified atom stereocenters. The van der Waals surface area contributed by atoms with Gasteiger partial charge < -0.3 is 4.74 Å². The van der Waals surface area contributed by atoms with Gasteiger partial charge in [-0.3, -0.25) is 4.90 Å². The summed E-state index contributed by atoms with van der Waals surface area (Å²) in [7, 11) is 0. The first-order valence-electron chi connectivity index (χ1n) is 8.53. The Labute approximate surface area is 161 Å². The molecule has 27 heavy (non-hydrogen) atoms. The average Bonchev–Trinajstić information content (AvgIpc) is 3.52. The van der Waals surface area contributed by atoms with E-state index in [1.807, 2.05) is 30.3 Å². The molecule has 0 bridgehead atoms. The van der Waals surface area contributed by atoms with Gasteiger partial charge in [-0.15, -0.1) is 0 Å². The number of amides is 1.